The predicted molar refractivity (Wildman–Crippen MR) is 116 cm³/mol. The molecule has 1 aromatic carbocycles. The Morgan fingerprint density at radius 3 is 2.66 bits per heavy atom. The number of aliphatic imine (C=N–C) groups is 1. The van der Waals surface area contributed by atoms with Crippen molar-refractivity contribution in [1.29, 1.82) is 0 Å². The highest BCUT2D eigenvalue weighted by Crippen LogP contribution is 2.29. The number of methoxy groups -OCH3 is 1. The van der Waals surface area contributed by atoms with Crippen molar-refractivity contribution in [2.75, 3.05) is 27.3 Å². The number of hydrogen-bond donors (Lipinski definition) is 2. The second-order valence-corrected chi connectivity index (χ2v) is 8.06. The number of hydrogen-bond acceptors (Lipinski definition) is 3. The van der Waals surface area contributed by atoms with Gasteiger partial charge in [-0.3, -0.25) is 9.67 Å². The summed E-state index contributed by atoms with van der Waals surface area (Å²) in [5, 5.41) is 11.7. The number of nitrogens with zero attached hydrogens (tertiary/aromatic N) is 3. The second-order valence-electron chi connectivity index (χ2n) is 7.65. The Kier molecular flexibility index (Phi) is 8.05. The van der Waals surface area contributed by atoms with Gasteiger partial charge in [0, 0.05) is 48.9 Å². The molecular weight excluding hydrogens is 393 g/mol. The molecule has 0 bridgehead atoms. The Balaban J connectivity index is 2.00. The minimum Gasteiger partial charge on any atom is -0.383 e. The quantitative estimate of drug-likeness (QED) is 0.503. The molecule has 0 fully saturated rings. The molecule has 0 aliphatic heterocycles. The zero-order valence-electron chi connectivity index (χ0n) is 18.1. The van der Waals surface area contributed by atoms with Gasteiger partial charge in [-0.15, -0.1) is 0 Å². The maximum absolute atomic E-state index is 13.4. The van der Waals surface area contributed by atoms with Gasteiger partial charge in [-0.2, -0.15) is 5.10 Å². The average Bonchev–Trinajstić information content (AvgIpc) is 2.93. The number of benzene rings is 1. The molecule has 2 N–H and O–H groups in total. The molecule has 160 valence electrons. The number of ether oxygens (including phenoxy) is 1. The fraction of sp³-hybridized carbons (Fsp3) is 0.524. The molecule has 8 heteroatoms. The highest BCUT2D eigenvalue weighted by atomic mass is 35.5. The van der Waals surface area contributed by atoms with Crippen molar-refractivity contribution in [3.63, 3.8) is 0 Å². The standard InChI is InChI=1S/C21H31ClFN5O/c1-14-17(15(2)28(27-14)9-10-29-6)12-25-20(24-5)26-13-21(3,4)18-8-7-16(23)11-19(18)22/h7-8,11H,9-10,12-13H2,1-6H3,(H2,24,25,26). The molecule has 6 nitrogen and oxygen atoms in total. The van der Waals surface area contributed by atoms with E-state index in [0.717, 1.165) is 29.1 Å². The molecule has 2 aromatic rings. The first-order valence-electron chi connectivity index (χ1n) is 9.61. The maximum atomic E-state index is 13.4. The van der Waals surface area contributed by atoms with E-state index in [0.29, 0.717) is 30.7 Å². The lowest BCUT2D eigenvalue weighted by Gasteiger charge is -2.27. The summed E-state index contributed by atoms with van der Waals surface area (Å²) in [7, 11) is 3.42. The van der Waals surface area contributed by atoms with Gasteiger partial charge in [-0.25, -0.2) is 4.39 Å². The largest absolute Gasteiger partial charge is 0.383 e. The molecule has 29 heavy (non-hydrogen) atoms. The van der Waals surface area contributed by atoms with E-state index in [1.54, 1.807) is 20.2 Å². The molecule has 1 heterocycles. The topological polar surface area (TPSA) is 63.5 Å². The zero-order chi connectivity index (χ0) is 21.6. The lowest BCUT2D eigenvalue weighted by atomic mass is 9.84. The normalized spacial score (nSPS) is 12.3. The Morgan fingerprint density at radius 2 is 2.03 bits per heavy atom. The van der Waals surface area contributed by atoms with Crippen LogP contribution in [0.3, 0.4) is 0 Å². The van der Waals surface area contributed by atoms with Gasteiger partial charge in [0.05, 0.1) is 18.8 Å². The third-order valence-electron chi connectivity index (χ3n) is 5.05. The maximum Gasteiger partial charge on any atom is 0.191 e. The van der Waals surface area contributed by atoms with Crippen molar-refractivity contribution in [3.8, 4) is 0 Å². The highest BCUT2D eigenvalue weighted by molar-refractivity contribution is 6.31. The zero-order valence-corrected chi connectivity index (χ0v) is 18.8. The number of aromatic nitrogens is 2. The molecule has 1 aromatic heterocycles. The Morgan fingerprint density at radius 1 is 1.31 bits per heavy atom. The van der Waals surface area contributed by atoms with Crippen molar-refractivity contribution in [3.05, 3.63) is 51.6 Å². The Bertz CT molecular complexity index is 863. The van der Waals surface area contributed by atoms with Crippen LogP contribution >= 0.6 is 11.6 Å². The van der Waals surface area contributed by atoms with Crippen LogP contribution in [0.5, 0.6) is 0 Å². The van der Waals surface area contributed by atoms with E-state index in [2.05, 4.69) is 41.5 Å². The molecule has 0 unspecified atom stereocenters. The van der Waals surface area contributed by atoms with Crippen molar-refractivity contribution in [1.82, 2.24) is 20.4 Å². The molecule has 0 atom stereocenters. The van der Waals surface area contributed by atoms with Gasteiger partial charge in [0.1, 0.15) is 5.82 Å². The van der Waals surface area contributed by atoms with Gasteiger partial charge in [0.2, 0.25) is 0 Å². The van der Waals surface area contributed by atoms with Crippen LogP contribution in [0.15, 0.2) is 23.2 Å². The first kappa shape index (κ1) is 23.2. The SMILES string of the molecule is CN=C(NCc1c(C)nn(CCOC)c1C)NCC(C)(C)c1ccc(F)cc1Cl. The lowest BCUT2D eigenvalue weighted by molar-refractivity contribution is 0.182. The number of nitrogens with one attached hydrogen (secondary N) is 2. The van der Waals surface area contributed by atoms with E-state index < -0.39 is 0 Å². The molecule has 0 saturated carbocycles. The van der Waals surface area contributed by atoms with Gasteiger partial charge < -0.3 is 15.4 Å². The van der Waals surface area contributed by atoms with Crippen molar-refractivity contribution >= 4 is 17.6 Å². The molecule has 0 aliphatic rings. The van der Waals surface area contributed by atoms with E-state index in [1.165, 1.54) is 12.1 Å². The van der Waals surface area contributed by atoms with Crippen LogP contribution < -0.4 is 10.6 Å². The molecule has 0 amide bonds. The van der Waals surface area contributed by atoms with Crippen molar-refractivity contribution < 1.29 is 9.13 Å². The number of guanidine groups is 1. The van der Waals surface area contributed by atoms with Crippen LogP contribution in [0.1, 0.15) is 36.4 Å². The summed E-state index contributed by atoms with van der Waals surface area (Å²) in [5.41, 5.74) is 3.82. The van der Waals surface area contributed by atoms with E-state index >= 15 is 0 Å². The van der Waals surface area contributed by atoms with Crippen molar-refractivity contribution in [2.45, 2.75) is 46.2 Å². The Hall–Kier alpha value is -2.12. The summed E-state index contributed by atoms with van der Waals surface area (Å²) in [6.07, 6.45) is 0. The Labute approximate surface area is 177 Å². The minimum atomic E-state index is -0.336. The van der Waals surface area contributed by atoms with Gasteiger partial charge >= 0.3 is 0 Å². The van der Waals surface area contributed by atoms with E-state index in [9.17, 15) is 4.39 Å². The molecular formula is C21H31ClFN5O. The van der Waals surface area contributed by atoms with E-state index in [4.69, 9.17) is 16.3 Å². The van der Waals surface area contributed by atoms with Crippen molar-refractivity contribution in [2.24, 2.45) is 4.99 Å². The fourth-order valence-electron chi connectivity index (χ4n) is 3.22. The van der Waals surface area contributed by atoms with Gasteiger partial charge in [-0.05, 0) is 31.5 Å². The number of rotatable bonds is 8. The number of aryl methyl sites for hydroxylation is 1. The summed E-state index contributed by atoms with van der Waals surface area (Å²) in [4.78, 5) is 4.31. The minimum absolute atomic E-state index is 0.306. The second kappa shape index (κ2) is 10.1. The third-order valence-corrected chi connectivity index (χ3v) is 5.37. The van der Waals surface area contributed by atoms with Gasteiger partial charge in [0.15, 0.2) is 5.96 Å². The monoisotopic (exact) mass is 423 g/mol. The first-order valence-corrected chi connectivity index (χ1v) is 9.99. The summed E-state index contributed by atoms with van der Waals surface area (Å²) < 4.78 is 20.5. The summed E-state index contributed by atoms with van der Waals surface area (Å²) >= 11 is 6.25. The van der Waals surface area contributed by atoms with E-state index in [-0.39, 0.29) is 11.2 Å². The smallest absolute Gasteiger partial charge is 0.191 e. The predicted octanol–water partition coefficient (Wildman–Crippen LogP) is 3.58. The third kappa shape index (κ3) is 5.93. The van der Waals surface area contributed by atoms with Crippen LogP contribution in [0, 0.1) is 19.7 Å². The van der Waals surface area contributed by atoms with Crippen LogP contribution in [-0.2, 0) is 23.2 Å². The van der Waals surface area contributed by atoms with Gasteiger partial charge in [0.25, 0.3) is 0 Å². The number of halogens is 2. The summed E-state index contributed by atoms with van der Waals surface area (Å²) in [6, 6.07) is 4.51. The van der Waals surface area contributed by atoms with Crippen LogP contribution in [-0.4, -0.2) is 43.0 Å². The molecule has 0 aliphatic carbocycles. The van der Waals surface area contributed by atoms with Gasteiger partial charge in [-0.1, -0.05) is 31.5 Å². The van der Waals surface area contributed by atoms with E-state index in [1.807, 2.05) is 11.6 Å². The summed E-state index contributed by atoms with van der Waals surface area (Å²) in [6.45, 7) is 10.7. The van der Waals surface area contributed by atoms with Crippen LogP contribution in [0.2, 0.25) is 5.02 Å². The van der Waals surface area contributed by atoms with Crippen LogP contribution in [0.25, 0.3) is 0 Å². The molecule has 0 spiro atoms. The summed E-state index contributed by atoms with van der Waals surface area (Å²) in [5.74, 6) is 0.344. The van der Waals surface area contributed by atoms with Crippen LogP contribution in [0.4, 0.5) is 4.39 Å². The molecule has 0 saturated heterocycles. The molecule has 2 rings (SSSR count). The molecule has 0 radical (unpaired) electrons. The lowest BCUT2D eigenvalue weighted by Crippen LogP contribution is -2.43. The average molecular weight is 424 g/mol. The first-order chi connectivity index (χ1) is 13.7. The fourth-order valence-corrected chi connectivity index (χ4v) is 3.64. The highest BCUT2D eigenvalue weighted by Gasteiger charge is 2.24.